The van der Waals surface area contributed by atoms with Gasteiger partial charge in [-0.2, -0.15) is 11.8 Å². The van der Waals surface area contributed by atoms with E-state index in [0.29, 0.717) is 13.0 Å². The largest absolute Gasteiger partial charge is 0.481 e. The summed E-state index contributed by atoms with van der Waals surface area (Å²) < 4.78 is 6.00. The lowest BCUT2D eigenvalue weighted by molar-refractivity contribution is -0.127. The Balaban J connectivity index is 1.42. The maximum atomic E-state index is 12.5. The van der Waals surface area contributed by atoms with E-state index in [4.69, 9.17) is 16.3 Å². The van der Waals surface area contributed by atoms with Crippen LogP contribution in [0.5, 0.6) is 5.75 Å². The number of nitrogens with one attached hydrogen (secondary N) is 1. The van der Waals surface area contributed by atoms with E-state index in [1.807, 2.05) is 31.2 Å². The molecule has 0 aromatic heterocycles. The summed E-state index contributed by atoms with van der Waals surface area (Å²) in [6.07, 6.45) is 4.97. The minimum Gasteiger partial charge on any atom is -0.481 e. The average Bonchev–Trinajstić information content (AvgIpc) is 2.71. The Kier molecular flexibility index (Phi) is 8.11. The smallest absolute Gasteiger partial charge is 0.261 e. The lowest BCUT2D eigenvalue weighted by atomic mass is 9.92. The van der Waals surface area contributed by atoms with Crippen LogP contribution in [0.1, 0.15) is 42.9 Å². The number of amides is 1. The Labute approximate surface area is 177 Å². The molecule has 150 valence electrons. The van der Waals surface area contributed by atoms with Crippen LogP contribution in [-0.2, 0) is 23.4 Å². The van der Waals surface area contributed by atoms with Crippen molar-refractivity contribution in [1.82, 2.24) is 5.32 Å². The van der Waals surface area contributed by atoms with Crippen LogP contribution in [0.25, 0.3) is 0 Å². The molecule has 1 aliphatic carbocycles. The summed E-state index contributed by atoms with van der Waals surface area (Å²) in [5, 5.41) is 3.76. The number of aryl methyl sites for hydroxylation is 2. The quantitative estimate of drug-likeness (QED) is 0.553. The summed E-state index contributed by atoms with van der Waals surface area (Å²) >= 11 is 7.78. The van der Waals surface area contributed by atoms with Crippen molar-refractivity contribution in [2.45, 2.75) is 50.9 Å². The molecule has 2 aromatic carbocycles. The second-order valence-electron chi connectivity index (χ2n) is 7.13. The van der Waals surface area contributed by atoms with Gasteiger partial charge < -0.3 is 10.1 Å². The van der Waals surface area contributed by atoms with Gasteiger partial charge in [-0.05, 0) is 73.1 Å². The van der Waals surface area contributed by atoms with Crippen molar-refractivity contribution in [1.29, 1.82) is 0 Å². The summed E-state index contributed by atoms with van der Waals surface area (Å²) in [6.45, 7) is 2.62. The molecule has 0 heterocycles. The number of fused-ring (bicyclic) bond motifs is 1. The molecule has 3 rings (SSSR count). The molecule has 1 N–H and O–H groups in total. The van der Waals surface area contributed by atoms with E-state index in [0.717, 1.165) is 35.1 Å². The highest BCUT2D eigenvalue weighted by atomic mass is 35.5. The van der Waals surface area contributed by atoms with E-state index in [-0.39, 0.29) is 5.91 Å². The molecule has 28 heavy (non-hydrogen) atoms. The SMILES string of the molecule is CC[C@@H](Oc1ccc2c(c1)CCCC2)C(=O)NCCSCc1cccc(Cl)c1. The van der Waals surface area contributed by atoms with Crippen molar-refractivity contribution in [3.63, 3.8) is 0 Å². The van der Waals surface area contributed by atoms with Crippen LogP contribution < -0.4 is 10.1 Å². The number of thioether (sulfide) groups is 1. The van der Waals surface area contributed by atoms with Crippen molar-refractivity contribution < 1.29 is 9.53 Å². The van der Waals surface area contributed by atoms with Crippen molar-refractivity contribution in [3.8, 4) is 5.75 Å². The Morgan fingerprint density at radius 1 is 1.18 bits per heavy atom. The van der Waals surface area contributed by atoms with Gasteiger partial charge in [-0.3, -0.25) is 4.79 Å². The van der Waals surface area contributed by atoms with Crippen LogP contribution in [0.3, 0.4) is 0 Å². The van der Waals surface area contributed by atoms with Crippen LogP contribution in [0, 0.1) is 0 Å². The van der Waals surface area contributed by atoms with Gasteiger partial charge in [0.1, 0.15) is 5.75 Å². The van der Waals surface area contributed by atoms with Crippen molar-refractivity contribution >= 4 is 29.3 Å². The zero-order valence-corrected chi connectivity index (χ0v) is 18.0. The fourth-order valence-electron chi connectivity index (χ4n) is 3.45. The standard InChI is InChI=1S/C23H28ClNO2S/c1-2-22(27-21-11-10-18-7-3-4-8-19(18)15-21)23(26)25-12-13-28-16-17-6-5-9-20(24)14-17/h5-6,9-11,14-15,22H,2-4,7-8,12-13,16H2,1H3,(H,25,26)/t22-/m1/s1. The summed E-state index contributed by atoms with van der Waals surface area (Å²) in [5.41, 5.74) is 4.00. The molecule has 3 nitrogen and oxygen atoms in total. The molecule has 0 bridgehead atoms. The number of carbonyl (C=O) groups excluding carboxylic acids is 1. The highest BCUT2D eigenvalue weighted by Crippen LogP contribution is 2.26. The number of rotatable bonds is 9. The van der Waals surface area contributed by atoms with Crippen LogP contribution in [0.4, 0.5) is 0 Å². The van der Waals surface area contributed by atoms with E-state index < -0.39 is 6.10 Å². The van der Waals surface area contributed by atoms with E-state index in [1.165, 1.54) is 29.5 Å². The van der Waals surface area contributed by atoms with E-state index in [9.17, 15) is 4.79 Å². The fourth-order valence-corrected chi connectivity index (χ4v) is 4.47. The van der Waals surface area contributed by atoms with Crippen LogP contribution in [-0.4, -0.2) is 24.3 Å². The topological polar surface area (TPSA) is 38.3 Å². The van der Waals surface area contributed by atoms with Gasteiger partial charge in [0.25, 0.3) is 5.91 Å². The number of ether oxygens (including phenoxy) is 1. The second-order valence-corrected chi connectivity index (χ2v) is 8.67. The molecule has 0 saturated carbocycles. The summed E-state index contributed by atoms with van der Waals surface area (Å²) in [7, 11) is 0. The lowest BCUT2D eigenvalue weighted by Gasteiger charge is -2.20. The molecule has 0 aliphatic heterocycles. The van der Waals surface area contributed by atoms with Crippen LogP contribution >= 0.6 is 23.4 Å². The summed E-state index contributed by atoms with van der Waals surface area (Å²) in [5.74, 6) is 2.51. The highest BCUT2D eigenvalue weighted by Gasteiger charge is 2.19. The first-order chi connectivity index (χ1) is 13.7. The number of benzene rings is 2. The zero-order chi connectivity index (χ0) is 19.8. The van der Waals surface area contributed by atoms with E-state index in [1.54, 1.807) is 11.8 Å². The Bertz CT molecular complexity index is 796. The monoisotopic (exact) mass is 417 g/mol. The van der Waals surface area contributed by atoms with Gasteiger partial charge >= 0.3 is 0 Å². The molecule has 1 aliphatic rings. The molecular weight excluding hydrogens is 390 g/mol. The minimum atomic E-state index is -0.445. The summed E-state index contributed by atoms with van der Waals surface area (Å²) in [6, 6.07) is 14.2. The Morgan fingerprint density at radius 3 is 2.79 bits per heavy atom. The van der Waals surface area contributed by atoms with Gasteiger partial charge in [0.2, 0.25) is 0 Å². The molecule has 0 fully saturated rings. The van der Waals surface area contributed by atoms with Crippen molar-refractivity contribution in [3.05, 3.63) is 64.2 Å². The predicted octanol–water partition coefficient (Wildman–Crippen LogP) is 5.43. The molecule has 0 unspecified atom stereocenters. The Morgan fingerprint density at radius 2 is 2.00 bits per heavy atom. The molecule has 0 spiro atoms. The first-order valence-corrected chi connectivity index (χ1v) is 11.6. The number of hydrogen-bond acceptors (Lipinski definition) is 3. The molecule has 1 atom stereocenters. The van der Waals surface area contributed by atoms with Crippen molar-refractivity contribution in [2.75, 3.05) is 12.3 Å². The maximum absolute atomic E-state index is 12.5. The number of halogens is 1. The zero-order valence-electron chi connectivity index (χ0n) is 16.4. The van der Waals surface area contributed by atoms with Gasteiger partial charge in [-0.15, -0.1) is 0 Å². The van der Waals surface area contributed by atoms with Crippen molar-refractivity contribution in [2.24, 2.45) is 0 Å². The third-order valence-corrected chi connectivity index (χ3v) is 6.23. The molecule has 2 aromatic rings. The van der Waals surface area contributed by atoms with Crippen LogP contribution in [0.15, 0.2) is 42.5 Å². The van der Waals surface area contributed by atoms with Crippen LogP contribution in [0.2, 0.25) is 5.02 Å². The normalized spacial score (nSPS) is 14.2. The maximum Gasteiger partial charge on any atom is 0.261 e. The first-order valence-electron chi connectivity index (χ1n) is 10.0. The molecule has 0 saturated heterocycles. The minimum absolute atomic E-state index is 0.0384. The van der Waals surface area contributed by atoms with Gasteiger partial charge in [-0.1, -0.05) is 36.7 Å². The van der Waals surface area contributed by atoms with Gasteiger partial charge in [0.05, 0.1) is 0 Å². The summed E-state index contributed by atoms with van der Waals surface area (Å²) in [4.78, 5) is 12.5. The second kappa shape index (κ2) is 10.8. The number of carbonyl (C=O) groups is 1. The van der Waals surface area contributed by atoms with Gasteiger partial charge in [0.15, 0.2) is 6.10 Å². The van der Waals surface area contributed by atoms with E-state index in [2.05, 4.69) is 23.5 Å². The van der Waals surface area contributed by atoms with E-state index >= 15 is 0 Å². The third-order valence-electron chi connectivity index (χ3n) is 4.96. The average molecular weight is 418 g/mol. The number of hydrogen-bond donors (Lipinski definition) is 1. The highest BCUT2D eigenvalue weighted by molar-refractivity contribution is 7.98. The third kappa shape index (κ3) is 6.18. The van der Waals surface area contributed by atoms with Gasteiger partial charge in [0, 0.05) is 23.1 Å². The molecular formula is C23H28ClNO2S. The molecule has 0 radical (unpaired) electrons. The first kappa shape index (κ1) is 21.1. The van der Waals surface area contributed by atoms with Gasteiger partial charge in [-0.25, -0.2) is 0 Å². The molecule has 1 amide bonds. The predicted molar refractivity (Wildman–Crippen MR) is 118 cm³/mol. The lowest BCUT2D eigenvalue weighted by Crippen LogP contribution is -2.39. The fraction of sp³-hybridized carbons (Fsp3) is 0.435. The molecule has 5 heteroatoms. The Hall–Kier alpha value is -1.65.